The van der Waals surface area contributed by atoms with Crippen LogP contribution in [0.25, 0.3) is 33.2 Å². The summed E-state index contributed by atoms with van der Waals surface area (Å²) in [6.45, 7) is 3.79. The van der Waals surface area contributed by atoms with Crippen molar-refractivity contribution in [1.29, 1.82) is 0 Å². The van der Waals surface area contributed by atoms with Crippen molar-refractivity contribution in [3.05, 3.63) is 90.6 Å². The number of carbonyl (C=O) groups excluding carboxylic acids is 1. The molecule has 0 aliphatic carbocycles. The third-order valence-electron chi connectivity index (χ3n) is 10.2. The van der Waals surface area contributed by atoms with E-state index < -0.39 is 22.1 Å². The molecule has 0 radical (unpaired) electrons. The van der Waals surface area contributed by atoms with Crippen molar-refractivity contribution >= 4 is 38.5 Å². The zero-order valence-electron chi connectivity index (χ0n) is 29.6. The van der Waals surface area contributed by atoms with Gasteiger partial charge in [-0.05, 0) is 90.3 Å². The number of hydrogen-bond donors (Lipinski definition) is 2. The average molecular weight is 761 g/mol. The van der Waals surface area contributed by atoms with Gasteiger partial charge in [0.15, 0.2) is 9.84 Å². The first-order chi connectivity index (χ1) is 25.7. The van der Waals surface area contributed by atoms with Crippen LogP contribution in [0.4, 0.5) is 24.9 Å². The molecular formula is C39H39F3N6O5S. The molecule has 0 saturated carbocycles. The summed E-state index contributed by atoms with van der Waals surface area (Å²) in [6.07, 6.45) is -2.65. The number of rotatable bonds is 9. The van der Waals surface area contributed by atoms with Crippen molar-refractivity contribution < 1.29 is 35.9 Å². The van der Waals surface area contributed by atoms with Gasteiger partial charge in [-0.3, -0.25) is 9.78 Å². The SMILES string of the molecule is CCOC(=O)[C@@H]1CC2(CCN(c3cc(O[C@H](c4ccc(-c5ccc6ncccc6c5)cc4-c4cccc(S(C)(=O)=O)c4)C(F)(F)F)nc(N)n3)CC2)CN1. The molecule has 7 rings (SSSR count). The highest BCUT2D eigenvalue weighted by Gasteiger charge is 2.46. The number of aromatic nitrogens is 3. The molecule has 3 N–H and O–H groups in total. The Labute approximate surface area is 310 Å². The Morgan fingerprint density at radius 2 is 1.76 bits per heavy atom. The number of benzene rings is 3. The third kappa shape index (κ3) is 7.82. The Balaban J connectivity index is 1.22. The van der Waals surface area contributed by atoms with Crippen LogP contribution < -0.4 is 20.7 Å². The van der Waals surface area contributed by atoms with E-state index in [1.54, 1.807) is 37.4 Å². The van der Waals surface area contributed by atoms with Gasteiger partial charge in [-0.25, -0.2) is 8.42 Å². The Bertz CT molecular complexity index is 2310. The molecule has 0 unspecified atom stereocenters. The molecule has 11 nitrogen and oxygen atoms in total. The number of nitrogens with one attached hydrogen (secondary N) is 1. The molecule has 282 valence electrons. The number of piperidine rings is 1. The Morgan fingerprint density at radius 3 is 2.50 bits per heavy atom. The molecule has 2 fully saturated rings. The van der Waals surface area contributed by atoms with Gasteiger partial charge in [0.2, 0.25) is 17.9 Å². The maximum atomic E-state index is 15.2. The summed E-state index contributed by atoms with van der Waals surface area (Å²) in [5.41, 5.74) is 8.17. The van der Waals surface area contributed by atoms with Crippen LogP contribution in [0.2, 0.25) is 0 Å². The van der Waals surface area contributed by atoms with Gasteiger partial charge in [0.05, 0.1) is 17.0 Å². The Kier molecular flexibility index (Phi) is 9.96. The summed E-state index contributed by atoms with van der Waals surface area (Å²) in [5.74, 6) is -0.570. The number of nitrogens with zero attached hydrogens (tertiary/aromatic N) is 4. The van der Waals surface area contributed by atoms with Crippen molar-refractivity contribution in [2.45, 2.75) is 49.4 Å². The van der Waals surface area contributed by atoms with Crippen molar-refractivity contribution in [3.63, 3.8) is 0 Å². The molecule has 2 saturated heterocycles. The molecule has 54 heavy (non-hydrogen) atoms. The number of anilines is 2. The number of nitrogen functional groups attached to an aromatic ring is 1. The lowest BCUT2D eigenvalue weighted by atomic mass is 9.76. The van der Waals surface area contributed by atoms with Crippen LogP contribution >= 0.6 is 0 Å². The number of alkyl halides is 3. The number of nitrogens with two attached hydrogens (primary N) is 1. The minimum Gasteiger partial charge on any atom is -0.465 e. The van der Waals surface area contributed by atoms with E-state index in [4.69, 9.17) is 15.2 Å². The van der Waals surface area contributed by atoms with Gasteiger partial charge in [-0.2, -0.15) is 23.1 Å². The highest BCUT2D eigenvalue weighted by molar-refractivity contribution is 7.90. The van der Waals surface area contributed by atoms with Gasteiger partial charge in [0, 0.05) is 49.1 Å². The van der Waals surface area contributed by atoms with E-state index in [1.165, 1.54) is 30.3 Å². The minimum absolute atomic E-state index is 0.0427. The van der Waals surface area contributed by atoms with E-state index in [1.807, 2.05) is 29.2 Å². The van der Waals surface area contributed by atoms with E-state index >= 15 is 13.2 Å². The van der Waals surface area contributed by atoms with Crippen LogP contribution in [0, 0.1) is 5.41 Å². The summed E-state index contributed by atoms with van der Waals surface area (Å²) in [6, 6.07) is 20.5. The van der Waals surface area contributed by atoms with Crippen molar-refractivity contribution in [2.24, 2.45) is 5.41 Å². The smallest absolute Gasteiger partial charge is 0.429 e. The molecule has 0 amide bonds. The lowest BCUT2D eigenvalue weighted by Gasteiger charge is -2.39. The van der Waals surface area contributed by atoms with Gasteiger partial charge >= 0.3 is 12.1 Å². The zero-order chi connectivity index (χ0) is 38.3. The number of esters is 1. The van der Waals surface area contributed by atoms with Crippen molar-refractivity contribution in [2.75, 3.05) is 43.1 Å². The number of halogens is 3. The molecule has 15 heteroatoms. The van der Waals surface area contributed by atoms with Crippen LogP contribution in [-0.4, -0.2) is 74.1 Å². The third-order valence-corrected chi connectivity index (χ3v) is 11.3. The van der Waals surface area contributed by atoms with Crippen molar-refractivity contribution in [1.82, 2.24) is 20.3 Å². The summed E-state index contributed by atoms with van der Waals surface area (Å²) in [7, 11) is -3.69. The molecule has 5 aromatic rings. The average Bonchev–Trinajstić information content (AvgIpc) is 3.56. The quantitative estimate of drug-likeness (QED) is 0.158. The predicted octanol–water partition coefficient (Wildman–Crippen LogP) is 6.54. The van der Waals surface area contributed by atoms with Crippen molar-refractivity contribution in [3.8, 4) is 28.1 Å². The second-order valence-electron chi connectivity index (χ2n) is 13.9. The van der Waals surface area contributed by atoms with E-state index in [9.17, 15) is 13.2 Å². The number of carbonyl (C=O) groups is 1. The first kappa shape index (κ1) is 37.1. The number of hydrogen-bond acceptors (Lipinski definition) is 11. The van der Waals surface area contributed by atoms with Crippen LogP contribution in [0.1, 0.15) is 37.9 Å². The van der Waals surface area contributed by atoms with E-state index in [-0.39, 0.29) is 50.8 Å². The standard InChI is InChI=1S/C39H39F3N6O5S/c1-3-52-36(49)32-22-38(23-45-32)13-16-48(17-14-38)33-21-34(47-37(43)46-33)53-35(39(40,41)42)29-11-9-25(24-10-12-31-27(18-24)7-5-15-44-31)20-30(29)26-6-4-8-28(19-26)54(2,50)51/h4-12,15,18-21,32,35,45H,3,13-14,16-17,22-23H2,1-2H3,(H2,43,46,47)/t32-,35+/m0/s1. The maximum Gasteiger partial charge on any atom is 0.429 e. The summed E-state index contributed by atoms with van der Waals surface area (Å²) in [4.78, 5) is 26.9. The van der Waals surface area contributed by atoms with Crippen LogP contribution in [-0.2, 0) is 19.4 Å². The van der Waals surface area contributed by atoms with Gasteiger partial charge < -0.3 is 25.4 Å². The Morgan fingerprint density at radius 1 is 1.00 bits per heavy atom. The number of fused-ring (bicyclic) bond motifs is 1. The van der Waals surface area contributed by atoms with Gasteiger partial charge in [0.25, 0.3) is 0 Å². The van der Waals surface area contributed by atoms with Crippen LogP contribution in [0.5, 0.6) is 5.88 Å². The van der Waals surface area contributed by atoms with E-state index in [2.05, 4.69) is 20.3 Å². The fraction of sp³-hybridized carbons (Fsp3) is 0.333. The summed E-state index contributed by atoms with van der Waals surface area (Å²) < 4.78 is 81.4. The maximum absolute atomic E-state index is 15.2. The molecule has 4 heterocycles. The lowest BCUT2D eigenvalue weighted by Crippen LogP contribution is -2.41. The molecule has 2 aromatic heterocycles. The second kappa shape index (κ2) is 14.5. The first-order valence-corrected chi connectivity index (χ1v) is 19.4. The highest BCUT2D eigenvalue weighted by atomic mass is 32.2. The van der Waals surface area contributed by atoms with Crippen LogP contribution in [0.15, 0.2) is 90.0 Å². The van der Waals surface area contributed by atoms with Gasteiger partial charge in [0.1, 0.15) is 11.9 Å². The molecule has 1 spiro atoms. The van der Waals surface area contributed by atoms with Gasteiger partial charge in [-0.15, -0.1) is 0 Å². The Hall–Kier alpha value is -5.28. The van der Waals surface area contributed by atoms with Crippen LogP contribution in [0.3, 0.4) is 0 Å². The second-order valence-corrected chi connectivity index (χ2v) is 15.9. The fourth-order valence-corrected chi connectivity index (χ4v) is 8.03. The zero-order valence-corrected chi connectivity index (χ0v) is 30.5. The highest BCUT2D eigenvalue weighted by Crippen LogP contribution is 2.44. The number of pyridine rings is 1. The van der Waals surface area contributed by atoms with E-state index in [0.29, 0.717) is 44.0 Å². The molecule has 0 bridgehead atoms. The largest absolute Gasteiger partial charge is 0.465 e. The summed E-state index contributed by atoms with van der Waals surface area (Å²) in [5, 5.41) is 4.12. The first-order valence-electron chi connectivity index (χ1n) is 17.5. The molecule has 2 atom stereocenters. The molecule has 3 aromatic carbocycles. The molecular weight excluding hydrogens is 722 g/mol. The topological polar surface area (TPSA) is 150 Å². The van der Waals surface area contributed by atoms with E-state index in [0.717, 1.165) is 35.6 Å². The fourth-order valence-electron chi connectivity index (χ4n) is 7.36. The lowest BCUT2D eigenvalue weighted by molar-refractivity contribution is -0.198. The predicted molar refractivity (Wildman–Crippen MR) is 199 cm³/mol. The minimum atomic E-state index is -4.93. The number of ether oxygens (including phenoxy) is 2. The monoisotopic (exact) mass is 760 g/mol. The number of sulfone groups is 1. The molecule has 2 aliphatic rings. The summed E-state index contributed by atoms with van der Waals surface area (Å²) >= 11 is 0. The molecule has 2 aliphatic heterocycles. The van der Waals surface area contributed by atoms with Gasteiger partial charge in [-0.1, -0.05) is 36.4 Å². The normalized spacial score (nSPS) is 17.8.